The van der Waals surface area contributed by atoms with Crippen molar-refractivity contribution >= 4 is 5.91 Å². The van der Waals surface area contributed by atoms with E-state index in [-0.39, 0.29) is 11.9 Å². The number of nitrogens with zero attached hydrogens (tertiary/aromatic N) is 2. The average molecular weight is 219 g/mol. The Kier molecular flexibility index (Phi) is 3.08. The molecule has 1 aliphatic carbocycles. The lowest BCUT2D eigenvalue weighted by Crippen LogP contribution is -2.29. The van der Waals surface area contributed by atoms with Crippen LogP contribution < -0.4 is 5.32 Å². The van der Waals surface area contributed by atoms with Crippen LogP contribution in [0.5, 0.6) is 0 Å². The largest absolute Gasteiger partial charge is 0.346 e. The zero-order valence-corrected chi connectivity index (χ0v) is 9.73. The smallest absolute Gasteiger partial charge is 0.244 e. The van der Waals surface area contributed by atoms with Gasteiger partial charge in [0, 0.05) is 18.3 Å². The van der Waals surface area contributed by atoms with Gasteiger partial charge in [0.05, 0.1) is 12.2 Å². The first-order valence-corrected chi connectivity index (χ1v) is 5.66. The normalized spacial score (nSPS) is 19.8. The zero-order chi connectivity index (χ0) is 11.5. The molecule has 0 saturated carbocycles. The molecular weight excluding hydrogens is 202 g/mol. The Hall–Kier alpha value is -1.58. The number of nitrogens with one attached hydrogen (secondary N) is 1. The second-order valence-corrected chi connectivity index (χ2v) is 4.12. The number of hydrogen-bond acceptors (Lipinski definition) is 2. The van der Waals surface area contributed by atoms with Crippen LogP contribution in [0.25, 0.3) is 0 Å². The van der Waals surface area contributed by atoms with Crippen LogP contribution in [0, 0.1) is 0 Å². The Bertz CT molecular complexity index is 420. The molecule has 0 radical (unpaired) electrons. The van der Waals surface area contributed by atoms with E-state index < -0.39 is 0 Å². The van der Waals surface area contributed by atoms with Crippen molar-refractivity contribution < 1.29 is 4.79 Å². The molecule has 1 aromatic heterocycles. The first kappa shape index (κ1) is 10.9. The first-order chi connectivity index (χ1) is 7.72. The van der Waals surface area contributed by atoms with Gasteiger partial charge in [0.1, 0.15) is 0 Å². The number of aromatic nitrogens is 2. The molecule has 0 spiro atoms. The van der Waals surface area contributed by atoms with Crippen molar-refractivity contribution in [2.75, 3.05) is 0 Å². The molecule has 1 heterocycles. The number of fused-ring (bicyclic) bond motifs is 1. The van der Waals surface area contributed by atoms with Crippen molar-refractivity contribution in [3.8, 4) is 0 Å². The van der Waals surface area contributed by atoms with E-state index in [0.29, 0.717) is 0 Å². The molecule has 4 heteroatoms. The van der Waals surface area contributed by atoms with E-state index in [1.165, 1.54) is 11.3 Å². The van der Waals surface area contributed by atoms with Crippen molar-refractivity contribution in [2.45, 2.75) is 32.2 Å². The Labute approximate surface area is 95.3 Å². The number of amides is 1. The molecule has 1 N–H and O–H groups in total. The number of aryl methyl sites for hydroxylation is 1. The van der Waals surface area contributed by atoms with Gasteiger partial charge in [0.25, 0.3) is 0 Å². The zero-order valence-electron chi connectivity index (χ0n) is 9.73. The van der Waals surface area contributed by atoms with Crippen molar-refractivity contribution in [3.63, 3.8) is 0 Å². The first-order valence-electron chi connectivity index (χ1n) is 5.66. The Morgan fingerprint density at radius 2 is 2.50 bits per heavy atom. The third-order valence-corrected chi connectivity index (χ3v) is 3.01. The van der Waals surface area contributed by atoms with Crippen LogP contribution in [0.3, 0.4) is 0 Å². The van der Waals surface area contributed by atoms with Gasteiger partial charge in [0.2, 0.25) is 5.91 Å². The third-order valence-electron chi connectivity index (χ3n) is 3.01. The lowest BCUT2D eigenvalue weighted by Gasteiger charge is -2.23. The highest BCUT2D eigenvalue weighted by molar-refractivity contribution is 5.87. The lowest BCUT2D eigenvalue weighted by atomic mass is 9.93. The summed E-state index contributed by atoms with van der Waals surface area (Å²) in [6.45, 7) is 1.84. The average Bonchev–Trinajstić information content (AvgIpc) is 2.62. The molecule has 0 aliphatic heterocycles. The van der Waals surface area contributed by atoms with Crippen molar-refractivity contribution in [2.24, 2.45) is 7.05 Å². The van der Waals surface area contributed by atoms with E-state index in [1.807, 2.05) is 24.9 Å². The fraction of sp³-hybridized carbons (Fsp3) is 0.500. The molecule has 86 valence electrons. The summed E-state index contributed by atoms with van der Waals surface area (Å²) >= 11 is 0. The fourth-order valence-electron chi connectivity index (χ4n) is 2.23. The van der Waals surface area contributed by atoms with Crippen LogP contribution in [0.4, 0.5) is 0 Å². The number of hydrogen-bond donors (Lipinski definition) is 1. The van der Waals surface area contributed by atoms with E-state index >= 15 is 0 Å². The van der Waals surface area contributed by atoms with Gasteiger partial charge < -0.3 is 5.32 Å². The van der Waals surface area contributed by atoms with Crippen molar-refractivity contribution in [1.82, 2.24) is 15.1 Å². The summed E-state index contributed by atoms with van der Waals surface area (Å²) in [5.74, 6) is -0.0239. The third kappa shape index (κ3) is 2.01. The van der Waals surface area contributed by atoms with Crippen LogP contribution in [0.1, 0.15) is 37.1 Å². The van der Waals surface area contributed by atoms with Gasteiger partial charge in [-0.15, -0.1) is 0 Å². The van der Waals surface area contributed by atoms with Crippen LogP contribution in [0.2, 0.25) is 0 Å². The highest BCUT2D eigenvalue weighted by atomic mass is 16.1. The van der Waals surface area contributed by atoms with E-state index in [1.54, 1.807) is 12.2 Å². The van der Waals surface area contributed by atoms with E-state index in [2.05, 4.69) is 10.4 Å². The predicted molar refractivity (Wildman–Crippen MR) is 61.8 cm³/mol. The van der Waals surface area contributed by atoms with E-state index in [4.69, 9.17) is 0 Å². The van der Waals surface area contributed by atoms with Crippen LogP contribution in [-0.2, 0) is 18.3 Å². The Morgan fingerprint density at radius 3 is 3.25 bits per heavy atom. The number of carbonyl (C=O) groups excluding carboxylic acids is 1. The highest BCUT2D eigenvalue weighted by Crippen LogP contribution is 2.28. The summed E-state index contributed by atoms with van der Waals surface area (Å²) in [4.78, 5) is 11.5. The van der Waals surface area contributed by atoms with Gasteiger partial charge in [-0.05, 0) is 32.3 Å². The summed E-state index contributed by atoms with van der Waals surface area (Å²) in [5, 5.41) is 7.26. The molecule has 4 nitrogen and oxygen atoms in total. The fourth-order valence-corrected chi connectivity index (χ4v) is 2.23. The quantitative estimate of drug-likeness (QED) is 0.766. The van der Waals surface area contributed by atoms with Gasteiger partial charge >= 0.3 is 0 Å². The van der Waals surface area contributed by atoms with Gasteiger partial charge in [0.15, 0.2) is 0 Å². The van der Waals surface area contributed by atoms with Crippen LogP contribution in [0.15, 0.2) is 18.3 Å². The molecule has 2 rings (SSSR count). The van der Waals surface area contributed by atoms with Crippen LogP contribution >= 0.6 is 0 Å². The number of rotatable bonds is 2. The van der Waals surface area contributed by atoms with Crippen molar-refractivity contribution in [1.29, 1.82) is 0 Å². The summed E-state index contributed by atoms with van der Waals surface area (Å²) in [7, 11) is 1.95. The van der Waals surface area contributed by atoms with Gasteiger partial charge in [-0.3, -0.25) is 9.48 Å². The molecule has 0 aromatic carbocycles. The molecule has 0 bridgehead atoms. The predicted octanol–water partition coefficient (Wildman–Crippen LogP) is 1.49. The van der Waals surface area contributed by atoms with Crippen molar-refractivity contribution in [3.05, 3.63) is 29.6 Å². The molecule has 1 aliphatic rings. The van der Waals surface area contributed by atoms with Gasteiger partial charge in [-0.25, -0.2) is 0 Å². The molecule has 0 fully saturated rings. The minimum Gasteiger partial charge on any atom is -0.346 e. The molecule has 0 saturated heterocycles. The topological polar surface area (TPSA) is 46.9 Å². The van der Waals surface area contributed by atoms with Crippen LogP contribution in [-0.4, -0.2) is 15.7 Å². The molecule has 16 heavy (non-hydrogen) atoms. The molecule has 1 aromatic rings. The highest BCUT2D eigenvalue weighted by Gasteiger charge is 2.23. The standard InChI is InChI=1S/C12H17N3O/c1-3-5-12(16)14-10-6-4-7-11-9(10)8-13-15(11)2/h3,5,8,10H,4,6-7H2,1-2H3,(H,14,16)/b5-3+. The molecule has 1 amide bonds. The second-order valence-electron chi connectivity index (χ2n) is 4.12. The lowest BCUT2D eigenvalue weighted by molar-refractivity contribution is -0.117. The molecular formula is C12H17N3O. The number of allylic oxidation sites excluding steroid dienone is 1. The maximum atomic E-state index is 11.5. The maximum Gasteiger partial charge on any atom is 0.244 e. The van der Waals surface area contributed by atoms with E-state index in [9.17, 15) is 4.79 Å². The summed E-state index contributed by atoms with van der Waals surface area (Å²) in [6, 6.07) is 0.126. The maximum absolute atomic E-state index is 11.5. The van der Waals surface area contributed by atoms with E-state index in [0.717, 1.165) is 19.3 Å². The van der Waals surface area contributed by atoms with Gasteiger partial charge in [-0.2, -0.15) is 5.10 Å². The summed E-state index contributed by atoms with van der Waals surface area (Å²) < 4.78 is 1.91. The SMILES string of the molecule is C/C=C/C(=O)NC1CCCc2c1cnn2C. The summed E-state index contributed by atoms with van der Waals surface area (Å²) in [6.07, 6.45) is 8.35. The Balaban J connectivity index is 2.16. The Morgan fingerprint density at radius 1 is 1.69 bits per heavy atom. The monoisotopic (exact) mass is 219 g/mol. The second kappa shape index (κ2) is 4.51. The molecule has 1 unspecified atom stereocenters. The minimum atomic E-state index is -0.0239. The summed E-state index contributed by atoms with van der Waals surface area (Å²) in [5.41, 5.74) is 2.42. The molecule has 1 atom stereocenters. The van der Waals surface area contributed by atoms with Gasteiger partial charge in [-0.1, -0.05) is 6.08 Å². The number of carbonyl (C=O) groups is 1. The minimum absolute atomic E-state index is 0.0239.